The number of hydrogen-bond donors (Lipinski definition) is 0. The predicted molar refractivity (Wildman–Crippen MR) is 74.2 cm³/mol. The summed E-state index contributed by atoms with van der Waals surface area (Å²) in [5.74, 6) is 0. The highest BCUT2D eigenvalue weighted by Gasteiger charge is 2.29. The van der Waals surface area contributed by atoms with Gasteiger partial charge in [-0.1, -0.05) is 20.8 Å². The van der Waals surface area contributed by atoms with Gasteiger partial charge in [0.25, 0.3) is 0 Å². The van der Waals surface area contributed by atoms with Crippen LogP contribution in [0.15, 0.2) is 15.2 Å². The van der Waals surface area contributed by atoms with Crippen molar-refractivity contribution in [1.82, 2.24) is 0 Å². The van der Waals surface area contributed by atoms with Crippen LogP contribution in [-0.2, 0) is 4.43 Å². The molecule has 1 unspecified atom stereocenters. The third-order valence-electron chi connectivity index (χ3n) is 2.12. The quantitative estimate of drug-likeness (QED) is 0.742. The van der Waals surface area contributed by atoms with E-state index in [9.17, 15) is 0 Å². The van der Waals surface area contributed by atoms with Gasteiger partial charge in [-0.05, 0) is 45.9 Å². The first-order chi connectivity index (χ1) is 6.82. The molecule has 0 aliphatic rings. The molecule has 0 N–H and O–H groups in total. The van der Waals surface area contributed by atoms with Gasteiger partial charge in [0.15, 0.2) is 9.04 Å². The molecule has 1 nitrogen and oxygen atoms in total. The molecule has 0 aliphatic carbocycles. The minimum absolute atomic E-state index is 0.154. The molecule has 1 heterocycles. The minimum Gasteiger partial charge on any atom is -0.413 e. The zero-order chi connectivity index (χ0) is 11.6. The number of halogens is 1. The lowest BCUT2D eigenvalue weighted by Gasteiger charge is -2.32. The third kappa shape index (κ3) is 3.70. The summed E-state index contributed by atoms with van der Waals surface area (Å²) in [6.45, 7) is 11.1. The maximum atomic E-state index is 6.16. The van der Waals surface area contributed by atoms with Gasteiger partial charge in [-0.15, -0.1) is 11.3 Å². The largest absolute Gasteiger partial charge is 0.413 e. The molecule has 0 aromatic carbocycles. The maximum absolute atomic E-state index is 6.16. The van der Waals surface area contributed by atoms with Crippen LogP contribution in [0, 0.1) is 5.41 Å². The van der Waals surface area contributed by atoms with E-state index in [1.165, 1.54) is 9.35 Å². The molecule has 86 valence electrons. The summed E-state index contributed by atoms with van der Waals surface area (Å²) in [5.41, 5.74) is 1.45. The summed E-state index contributed by atoms with van der Waals surface area (Å²) < 4.78 is 7.36. The summed E-state index contributed by atoms with van der Waals surface area (Å²) in [6.07, 6.45) is 0.213. The zero-order valence-electron chi connectivity index (χ0n) is 10.0. The van der Waals surface area contributed by atoms with Gasteiger partial charge in [0, 0.05) is 5.56 Å². The van der Waals surface area contributed by atoms with Crippen LogP contribution in [0.5, 0.6) is 0 Å². The van der Waals surface area contributed by atoms with Crippen LogP contribution in [0.1, 0.15) is 32.4 Å². The molecule has 1 aromatic heterocycles. The Hall–Kier alpha value is 0.357. The normalized spacial score (nSPS) is 14.6. The zero-order valence-corrected chi connectivity index (χ0v) is 13.6. The lowest BCUT2D eigenvalue weighted by atomic mass is 9.86. The summed E-state index contributed by atoms with van der Waals surface area (Å²) in [5, 5.41) is 2.11. The van der Waals surface area contributed by atoms with Crippen molar-refractivity contribution in [3.63, 3.8) is 0 Å². The first kappa shape index (κ1) is 13.4. The number of thiophene rings is 1. The van der Waals surface area contributed by atoms with Crippen molar-refractivity contribution < 1.29 is 4.43 Å². The Morgan fingerprint density at radius 2 is 2.00 bits per heavy atom. The Morgan fingerprint density at radius 3 is 2.33 bits per heavy atom. The molecule has 0 fully saturated rings. The molecule has 0 radical (unpaired) electrons. The van der Waals surface area contributed by atoms with E-state index in [0.717, 1.165) is 0 Å². The van der Waals surface area contributed by atoms with Gasteiger partial charge in [-0.3, -0.25) is 0 Å². The van der Waals surface area contributed by atoms with Gasteiger partial charge < -0.3 is 4.43 Å². The molecule has 0 aliphatic heterocycles. The highest BCUT2D eigenvalue weighted by Crippen LogP contribution is 2.41. The van der Waals surface area contributed by atoms with Crippen LogP contribution in [0.25, 0.3) is 0 Å². The van der Waals surface area contributed by atoms with Crippen molar-refractivity contribution in [3.8, 4) is 0 Å². The molecule has 0 amide bonds. The first-order valence-corrected chi connectivity index (χ1v) is 9.66. The first-order valence-electron chi connectivity index (χ1n) is 5.20. The molecule has 0 saturated heterocycles. The summed E-state index contributed by atoms with van der Waals surface area (Å²) in [6, 6.07) is 2.17. The second-order valence-corrected chi connectivity index (χ2v) is 9.68. The fourth-order valence-corrected chi connectivity index (χ4v) is 3.92. The smallest absolute Gasteiger partial charge is 0.171 e. The number of rotatable bonds is 3. The monoisotopic (exact) mass is 306 g/mol. The van der Waals surface area contributed by atoms with Gasteiger partial charge in [-0.25, -0.2) is 0 Å². The molecular formula is C11H19BrOSSi. The molecule has 1 aromatic rings. The Morgan fingerprint density at radius 1 is 1.40 bits per heavy atom. The fourth-order valence-electron chi connectivity index (χ4n) is 1.51. The van der Waals surface area contributed by atoms with Crippen molar-refractivity contribution in [2.24, 2.45) is 5.41 Å². The van der Waals surface area contributed by atoms with Gasteiger partial charge >= 0.3 is 0 Å². The Bertz CT molecular complexity index is 317. The summed E-state index contributed by atoms with van der Waals surface area (Å²) >= 11 is 5.33. The van der Waals surface area contributed by atoms with E-state index in [4.69, 9.17) is 4.43 Å². The molecule has 1 atom stereocenters. The van der Waals surface area contributed by atoms with E-state index in [0.29, 0.717) is 0 Å². The Kier molecular flexibility index (Phi) is 4.59. The second kappa shape index (κ2) is 5.12. The SMILES string of the molecule is C[SiH](C)OC(c1ccsc1Br)C(C)(C)C. The summed E-state index contributed by atoms with van der Waals surface area (Å²) in [4.78, 5) is 0. The van der Waals surface area contributed by atoms with E-state index in [1.807, 2.05) is 0 Å². The van der Waals surface area contributed by atoms with E-state index < -0.39 is 9.04 Å². The van der Waals surface area contributed by atoms with Crippen LogP contribution in [0.3, 0.4) is 0 Å². The highest BCUT2D eigenvalue weighted by atomic mass is 79.9. The van der Waals surface area contributed by atoms with Crippen molar-refractivity contribution >= 4 is 36.3 Å². The molecule has 15 heavy (non-hydrogen) atoms. The average molecular weight is 307 g/mol. The van der Waals surface area contributed by atoms with Crippen LogP contribution in [0.2, 0.25) is 13.1 Å². The van der Waals surface area contributed by atoms with Gasteiger partial charge in [0.05, 0.1) is 9.89 Å². The number of hydrogen-bond acceptors (Lipinski definition) is 2. The van der Waals surface area contributed by atoms with Gasteiger partial charge in [0.2, 0.25) is 0 Å². The fraction of sp³-hybridized carbons (Fsp3) is 0.636. The second-order valence-electron chi connectivity index (χ2n) is 5.08. The Balaban J connectivity index is 2.97. The van der Waals surface area contributed by atoms with Gasteiger partial charge in [-0.2, -0.15) is 0 Å². The topological polar surface area (TPSA) is 9.23 Å². The van der Waals surface area contributed by atoms with E-state index in [2.05, 4.69) is 61.2 Å². The van der Waals surface area contributed by atoms with Crippen molar-refractivity contribution in [2.75, 3.05) is 0 Å². The van der Waals surface area contributed by atoms with Crippen LogP contribution >= 0.6 is 27.3 Å². The highest BCUT2D eigenvalue weighted by molar-refractivity contribution is 9.11. The molecule has 0 bridgehead atoms. The van der Waals surface area contributed by atoms with E-state index in [-0.39, 0.29) is 11.5 Å². The maximum Gasteiger partial charge on any atom is 0.171 e. The minimum atomic E-state index is -1.01. The van der Waals surface area contributed by atoms with Crippen LogP contribution in [0.4, 0.5) is 0 Å². The predicted octanol–water partition coefficient (Wildman–Crippen LogP) is 4.60. The molecule has 0 spiro atoms. The Labute approximate surface area is 107 Å². The van der Waals surface area contributed by atoms with Crippen molar-refractivity contribution in [2.45, 2.75) is 40.0 Å². The van der Waals surface area contributed by atoms with Crippen molar-refractivity contribution in [3.05, 3.63) is 20.8 Å². The molecular weight excluding hydrogens is 288 g/mol. The van der Waals surface area contributed by atoms with Crippen LogP contribution < -0.4 is 0 Å². The van der Waals surface area contributed by atoms with E-state index >= 15 is 0 Å². The lowest BCUT2D eigenvalue weighted by Crippen LogP contribution is -2.25. The third-order valence-corrected chi connectivity index (χ3v) is 4.67. The molecule has 1 rings (SSSR count). The molecule has 0 saturated carbocycles. The summed E-state index contributed by atoms with van der Waals surface area (Å²) in [7, 11) is -1.01. The standard InChI is InChI=1S/C11H19BrOSSi/c1-11(2,3)9(13-15(4)5)8-6-7-14-10(8)12/h6-7,9,15H,1-5H3. The van der Waals surface area contributed by atoms with Gasteiger partial charge in [0.1, 0.15) is 0 Å². The van der Waals surface area contributed by atoms with Crippen LogP contribution in [-0.4, -0.2) is 9.04 Å². The van der Waals surface area contributed by atoms with Crippen molar-refractivity contribution in [1.29, 1.82) is 0 Å². The van der Waals surface area contributed by atoms with E-state index in [1.54, 1.807) is 11.3 Å². The molecule has 4 heteroatoms. The average Bonchev–Trinajstić information content (AvgIpc) is 2.45. The lowest BCUT2D eigenvalue weighted by molar-refractivity contribution is 0.0864.